The zero-order valence-corrected chi connectivity index (χ0v) is 8.99. The first-order valence-electron chi connectivity index (χ1n) is 4.44. The van der Waals surface area contributed by atoms with Crippen LogP contribution in [0.4, 0.5) is 11.4 Å². The Hall–Kier alpha value is -1.33. The van der Waals surface area contributed by atoms with Crippen molar-refractivity contribution < 1.29 is 4.92 Å². The van der Waals surface area contributed by atoms with Crippen molar-refractivity contribution in [2.45, 2.75) is 13.0 Å². The summed E-state index contributed by atoms with van der Waals surface area (Å²) in [5.41, 5.74) is 6.19. The predicted molar refractivity (Wildman–Crippen MR) is 60.2 cm³/mol. The van der Waals surface area contributed by atoms with Crippen molar-refractivity contribution in [2.75, 3.05) is 11.9 Å². The van der Waals surface area contributed by atoms with E-state index in [0.717, 1.165) is 0 Å². The number of benzene rings is 1. The van der Waals surface area contributed by atoms with E-state index in [1.54, 1.807) is 6.07 Å². The van der Waals surface area contributed by atoms with Crippen molar-refractivity contribution in [3.8, 4) is 0 Å². The van der Waals surface area contributed by atoms with E-state index in [-0.39, 0.29) is 11.7 Å². The minimum atomic E-state index is -0.485. The van der Waals surface area contributed by atoms with E-state index in [1.807, 2.05) is 6.92 Å². The first kappa shape index (κ1) is 11.7. The van der Waals surface area contributed by atoms with Gasteiger partial charge in [0, 0.05) is 24.7 Å². The van der Waals surface area contributed by atoms with Crippen LogP contribution in [0.5, 0.6) is 0 Å². The lowest BCUT2D eigenvalue weighted by atomic mass is 10.2. The summed E-state index contributed by atoms with van der Waals surface area (Å²) in [6, 6.07) is 4.28. The zero-order chi connectivity index (χ0) is 11.4. The predicted octanol–water partition coefficient (Wildman–Crippen LogP) is 2.01. The maximum Gasteiger partial charge on any atom is 0.271 e. The van der Waals surface area contributed by atoms with Gasteiger partial charge in [-0.2, -0.15) is 0 Å². The van der Waals surface area contributed by atoms with Crippen LogP contribution < -0.4 is 11.1 Å². The molecule has 5 nitrogen and oxygen atoms in total. The highest BCUT2D eigenvalue weighted by atomic mass is 35.5. The molecule has 1 atom stereocenters. The first-order valence-corrected chi connectivity index (χ1v) is 4.82. The van der Waals surface area contributed by atoms with Gasteiger partial charge in [0.05, 0.1) is 15.6 Å². The van der Waals surface area contributed by atoms with Gasteiger partial charge in [-0.3, -0.25) is 10.1 Å². The highest BCUT2D eigenvalue weighted by molar-refractivity contribution is 6.33. The Balaban J connectivity index is 2.79. The topological polar surface area (TPSA) is 81.2 Å². The van der Waals surface area contributed by atoms with Crippen LogP contribution in [0.25, 0.3) is 0 Å². The minimum absolute atomic E-state index is 0.00346. The van der Waals surface area contributed by atoms with Crippen LogP contribution in [-0.4, -0.2) is 17.5 Å². The van der Waals surface area contributed by atoms with Gasteiger partial charge in [0.1, 0.15) is 0 Å². The largest absolute Gasteiger partial charge is 0.382 e. The number of non-ortho nitro benzene ring substituents is 1. The molecule has 0 amide bonds. The molecular formula is C9H12ClN3O2. The highest BCUT2D eigenvalue weighted by Crippen LogP contribution is 2.26. The third kappa shape index (κ3) is 3.38. The SMILES string of the molecule is C[C@H](N)CNc1ccc([N+](=O)[O-])cc1Cl. The molecule has 0 aliphatic rings. The van der Waals surface area contributed by atoms with Crippen molar-refractivity contribution in [3.05, 3.63) is 33.3 Å². The number of halogens is 1. The first-order chi connectivity index (χ1) is 7.00. The smallest absolute Gasteiger partial charge is 0.271 e. The normalized spacial score (nSPS) is 12.2. The Bertz CT molecular complexity index is 368. The Morgan fingerprint density at radius 3 is 2.80 bits per heavy atom. The van der Waals surface area contributed by atoms with Gasteiger partial charge in [-0.1, -0.05) is 11.6 Å². The summed E-state index contributed by atoms with van der Waals surface area (Å²) in [4.78, 5) is 9.95. The van der Waals surface area contributed by atoms with Crippen LogP contribution in [0.3, 0.4) is 0 Å². The molecule has 1 aromatic carbocycles. The molecule has 0 unspecified atom stereocenters. The summed E-state index contributed by atoms with van der Waals surface area (Å²) in [6.45, 7) is 2.42. The van der Waals surface area contributed by atoms with Crippen molar-refractivity contribution in [2.24, 2.45) is 5.73 Å². The molecule has 82 valence electrons. The van der Waals surface area contributed by atoms with E-state index in [2.05, 4.69) is 5.32 Å². The molecule has 0 spiro atoms. The number of nitro benzene ring substituents is 1. The van der Waals surface area contributed by atoms with E-state index < -0.39 is 4.92 Å². The second-order valence-electron chi connectivity index (χ2n) is 3.28. The lowest BCUT2D eigenvalue weighted by molar-refractivity contribution is -0.384. The molecule has 0 aliphatic heterocycles. The fourth-order valence-corrected chi connectivity index (χ4v) is 1.27. The molecule has 1 rings (SSSR count). The van der Waals surface area contributed by atoms with E-state index >= 15 is 0 Å². The van der Waals surface area contributed by atoms with Crippen LogP contribution in [0.1, 0.15) is 6.92 Å². The molecule has 0 saturated carbocycles. The summed E-state index contributed by atoms with van der Waals surface area (Å²) in [5.74, 6) is 0. The van der Waals surface area contributed by atoms with Crippen molar-refractivity contribution in [1.29, 1.82) is 0 Å². The van der Waals surface area contributed by atoms with Gasteiger partial charge < -0.3 is 11.1 Å². The van der Waals surface area contributed by atoms with Crippen LogP contribution in [-0.2, 0) is 0 Å². The van der Waals surface area contributed by atoms with E-state index in [0.29, 0.717) is 17.3 Å². The number of nitrogens with two attached hydrogens (primary N) is 1. The molecule has 1 aromatic rings. The van der Waals surface area contributed by atoms with Crippen LogP contribution in [0.15, 0.2) is 18.2 Å². The van der Waals surface area contributed by atoms with Gasteiger partial charge >= 0.3 is 0 Å². The van der Waals surface area contributed by atoms with E-state index in [1.165, 1.54) is 12.1 Å². The highest BCUT2D eigenvalue weighted by Gasteiger charge is 2.09. The Kier molecular flexibility index (Phi) is 3.88. The van der Waals surface area contributed by atoms with Gasteiger partial charge in [-0.15, -0.1) is 0 Å². The number of nitrogens with one attached hydrogen (secondary N) is 1. The summed E-state index contributed by atoms with van der Waals surface area (Å²) >= 11 is 5.85. The number of hydrogen-bond donors (Lipinski definition) is 2. The number of rotatable bonds is 4. The number of nitro groups is 1. The van der Waals surface area contributed by atoms with Crippen molar-refractivity contribution >= 4 is 23.0 Å². The number of nitrogens with zero attached hydrogens (tertiary/aromatic N) is 1. The lowest BCUT2D eigenvalue weighted by Gasteiger charge is -2.10. The summed E-state index contributed by atoms with van der Waals surface area (Å²) in [6.07, 6.45) is 0. The number of anilines is 1. The van der Waals surface area contributed by atoms with Gasteiger partial charge in [-0.25, -0.2) is 0 Å². The minimum Gasteiger partial charge on any atom is -0.382 e. The van der Waals surface area contributed by atoms with Gasteiger partial charge in [0.2, 0.25) is 0 Å². The zero-order valence-electron chi connectivity index (χ0n) is 8.24. The molecule has 0 radical (unpaired) electrons. The molecule has 0 saturated heterocycles. The molecule has 15 heavy (non-hydrogen) atoms. The lowest BCUT2D eigenvalue weighted by Crippen LogP contribution is -2.25. The Labute approximate surface area is 92.4 Å². The standard InChI is InChI=1S/C9H12ClN3O2/c1-6(11)5-12-9-3-2-7(13(14)15)4-8(9)10/h2-4,6,12H,5,11H2,1H3/t6-/m0/s1. The molecule has 0 aromatic heterocycles. The second kappa shape index (κ2) is 4.95. The average molecular weight is 230 g/mol. The maximum absolute atomic E-state index is 10.4. The van der Waals surface area contributed by atoms with Gasteiger partial charge in [-0.05, 0) is 13.0 Å². The fourth-order valence-electron chi connectivity index (χ4n) is 1.03. The van der Waals surface area contributed by atoms with Gasteiger partial charge in [0.15, 0.2) is 0 Å². The molecular weight excluding hydrogens is 218 g/mol. The summed E-state index contributed by atoms with van der Waals surface area (Å²) < 4.78 is 0. The Morgan fingerprint density at radius 2 is 2.33 bits per heavy atom. The molecule has 6 heteroatoms. The quantitative estimate of drug-likeness (QED) is 0.611. The third-order valence-electron chi connectivity index (χ3n) is 1.78. The summed E-state index contributed by atoms with van der Waals surface area (Å²) in [7, 11) is 0. The average Bonchev–Trinajstić information content (AvgIpc) is 2.15. The second-order valence-corrected chi connectivity index (χ2v) is 3.69. The molecule has 0 fully saturated rings. The van der Waals surface area contributed by atoms with E-state index in [4.69, 9.17) is 17.3 Å². The van der Waals surface area contributed by atoms with Crippen LogP contribution in [0.2, 0.25) is 5.02 Å². The van der Waals surface area contributed by atoms with E-state index in [9.17, 15) is 10.1 Å². The fraction of sp³-hybridized carbons (Fsp3) is 0.333. The summed E-state index contributed by atoms with van der Waals surface area (Å²) in [5, 5.41) is 13.8. The van der Waals surface area contributed by atoms with Gasteiger partial charge in [0.25, 0.3) is 5.69 Å². The number of hydrogen-bond acceptors (Lipinski definition) is 4. The monoisotopic (exact) mass is 229 g/mol. The molecule has 0 heterocycles. The maximum atomic E-state index is 10.4. The van der Waals surface area contributed by atoms with Crippen LogP contribution in [0, 0.1) is 10.1 Å². The molecule has 0 aliphatic carbocycles. The van der Waals surface area contributed by atoms with Crippen LogP contribution >= 0.6 is 11.6 Å². The molecule has 0 bridgehead atoms. The Morgan fingerprint density at radius 1 is 1.67 bits per heavy atom. The van der Waals surface area contributed by atoms with Crippen molar-refractivity contribution in [3.63, 3.8) is 0 Å². The molecule has 3 N–H and O–H groups in total. The third-order valence-corrected chi connectivity index (χ3v) is 2.09. The van der Waals surface area contributed by atoms with Crippen molar-refractivity contribution in [1.82, 2.24) is 0 Å².